The number of nitrogen functional groups attached to an aromatic ring is 1. The van der Waals surface area contributed by atoms with Gasteiger partial charge in [-0.2, -0.15) is 0 Å². The molecule has 1 unspecified atom stereocenters. The minimum absolute atomic E-state index is 0.518. The number of anilines is 2. The smallest absolute Gasteiger partial charge is 0.139 e. The second kappa shape index (κ2) is 4.12. The molecule has 2 aromatic rings. The maximum Gasteiger partial charge on any atom is 0.139 e. The van der Waals surface area contributed by atoms with E-state index in [9.17, 15) is 0 Å². The van der Waals surface area contributed by atoms with Crippen molar-refractivity contribution in [2.75, 3.05) is 17.7 Å². The lowest BCUT2D eigenvalue weighted by Crippen LogP contribution is -2.31. The fraction of sp³-hybridized carbons (Fsp3) is 0.429. The van der Waals surface area contributed by atoms with Gasteiger partial charge in [0.25, 0.3) is 0 Å². The third kappa shape index (κ3) is 1.88. The van der Waals surface area contributed by atoms with Gasteiger partial charge in [-0.3, -0.25) is 0 Å². The van der Waals surface area contributed by atoms with Crippen LogP contribution in [-0.2, 0) is 0 Å². The van der Waals surface area contributed by atoms with Crippen LogP contribution in [0.1, 0.15) is 19.8 Å². The molecule has 2 N–H and O–H groups in total. The first-order valence-corrected chi connectivity index (χ1v) is 6.40. The highest BCUT2D eigenvalue weighted by atomic mass is 15.2. The molecule has 1 heterocycles. The molecule has 18 heavy (non-hydrogen) atoms. The van der Waals surface area contributed by atoms with E-state index in [-0.39, 0.29) is 0 Å². The van der Waals surface area contributed by atoms with E-state index in [1.165, 1.54) is 12.8 Å². The van der Waals surface area contributed by atoms with Crippen LogP contribution in [0.4, 0.5) is 11.5 Å². The Hall–Kier alpha value is -1.84. The van der Waals surface area contributed by atoms with E-state index in [2.05, 4.69) is 28.8 Å². The number of benzene rings is 1. The highest BCUT2D eigenvalue weighted by molar-refractivity contribution is 5.91. The molecule has 0 bridgehead atoms. The highest BCUT2D eigenvalue weighted by Crippen LogP contribution is 2.37. The van der Waals surface area contributed by atoms with Crippen LogP contribution in [0.2, 0.25) is 0 Å². The van der Waals surface area contributed by atoms with Gasteiger partial charge in [-0.05, 0) is 43.9 Å². The summed E-state index contributed by atoms with van der Waals surface area (Å²) in [6.07, 6.45) is 4.29. The summed E-state index contributed by atoms with van der Waals surface area (Å²) in [6, 6.07) is 6.31. The maximum atomic E-state index is 5.87. The standard InChI is InChI=1S/C14H18N4/c1-9(10-3-4-10)18(2)14-12-7-11(15)5-6-13(12)16-8-17-14/h5-10H,3-4,15H2,1-2H3. The quantitative estimate of drug-likeness (QED) is 0.840. The number of nitrogens with zero attached hydrogens (tertiary/aromatic N) is 3. The lowest BCUT2D eigenvalue weighted by molar-refractivity contribution is 0.605. The molecule has 94 valence electrons. The van der Waals surface area contributed by atoms with Crippen LogP contribution in [0.5, 0.6) is 0 Å². The number of rotatable bonds is 3. The zero-order chi connectivity index (χ0) is 12.7. The summed E-state index contributed by atoms with van der Waals surface area (Å²) in [6.45, 7) is 2.26. The molecule has 0 aliphatic heterocycles. The summed E-state index contributed by atoms with van der Waals surface area (Å²) in [5.74, 6) is 1.78. The second-order valence-corrected chi connectivity index (χ2v) is 5.16. The Balaban J connectivity index is 2.07. The molecule has 0 spiro atoms. The fourth-order valence-corrected chi connectivity index (χ4v) is 2.43. The van der Waals surface area contributed by atoms with E-state index in [1.54, 1.807) is 6.33 Å². The van der Waals surface area contributed by atoms with E-state index >= 15 is 0 Å². The molecule has 0 amide bonds. The van der Waals surface area contributed by atoms with Gasteiger partial charge in [0.1, 0.15) is 12.1 Å². The Kier molecular flexibility index (Phi) is 2.58. The largest absolute Gasteiger partial charge is 0.399 e. The Morgan fingerprint density at radius 1 is 1.33 bits per heavy atom. The van der Waals surface area contributed by atoms with E-state index < -0.39 is 0 Å². The van der Waals surface area contributed by atoms with Crippen LogP contribution in [0.3, 0.4) is 0 Å². The van der Waals surface area contributed by atoms with Crippen LogP contribution in [0.15, 0.2) is 24.5 Å². The molecule has 1 aliphatic carbocycles. The molecule has 0 radical (unpaired) electrons. The van der Waals surface area contributed by atoms with Gasteiger partial charge >= 0.3 is 0 Å². The third-order valence-corrected chi connectivity index (χ3v) is 3.89. The molecule has 4 heteroatoms. The number of hydrogen-bond donors (Lipinski definition) is 1. The van der Waals surface area contributed by atoms with Gasteiger partial charge in [0, 0.05) is 24.2 Å². The lowest BCUT2D eigenvalue weighted by atomic mass is 10.1. The fourth-order valence-electron chi connectivity index (χ4n) is 2.43. The van der Waals surface area contributed by atoms with E-state index in [4.69, 9.17) is 5.73 Å². The Bertz CT molecular complexity index is 577. The number of hydrogen-bond acceptors (Lipinski definition) is 4. The van der Waals surface area contributed by atoms with Crippen molar-refractivity contribution >= 4 is 22.4 Å². The lowest BCUT2D eigenvalue weighted by Gasteiger charge is -2.26. The van der Waals surface area contributed by atoms with Crippen molar-refractivity contribution in [1.82, 2.24) is 9.97 Å². The molecule has 0 saturated heterocycles. The third-order valence-electron chi connectivity index (χ3n) is 3.89. The summed E-state index contributed by atoms with van der Waals surface area (Å²) >= 11 is 0. The Morgan fingerprint density at radius 3 is 2.83 bits per heavy atom. The number of aromatic nitrogens is 2. The van der Waals surface area contributed by atoms with Crippen molar-refractivity contribution in [1.29, 1.82) is 0 Å². The summed E-state index contributed by atoms with van der Waals surface area (Å²) in [5.41, 5.74) is 7.57. The molecular weight excluding hydrogens is 224 g/mol. The molecule has 4 nitrogen and oxygen atoms in total. The van der Waals surface area contributed by atoms with Crippen LogP contribution >= 0.6 is 0 Å². The molecular formula is C14H18N4. The predicted octanol–water partition coefficient (Wildman–Crippen LogP) is 2.45. The molecule has 1 atom stereocenters. The minimum atomic E-state index is 0.518. The van der Waals surface area contributed by atoms with Crippen LogP contribution in [-0.4, -0.2) is 23.1 Å². The SMILES string of the molecule is CC(C1CC1)N(C)c1ncnc2ccc(N)cc12. The van der Waals surface area contributed by atoms with Crippen molar-refractivity contribution in [3.05, 3.63) is 24.5 Å². The Labute approximate surface area is 107 Å². The van der Waals surface area contributed by atoms with Crippen molar-refractivity contribution in [2.45, 2.75) is 25.8 Å². The van der Waals surface area contributed by atoms with E-state index in [0.29, 0.717) is 6.04 Å². The Morgan fingerprint density at radius 2 is 2.11 bits per heavy atom. The molecule has 1 aromatic carbocycles. The van der Waals surface area contributed by atoms with Gasteiger partial charge in [-0.25, -0.2) is 9.97 Å². The molecule has 1 aromatic heterocycles. The topological polar surface area (TPSA) is 55.0 Å². The number of fused-ring (bicyclic) bond motifs is 1. The summed E-state index contributed by atoms with van der Waals surface area (Å²) in [4.78, 5) is 11.0. The molecule has 1 saturated carbocycles. The minimum Gasteiger partial charge on any atom is -0.399 e. The van der Waals surface area contributed by atoms with Crippen LogP contribution in [0, 0.1) is 5.92 Å². The highest BCUT2D eigenvalue weighted by Gasteiger charge is 2.31. The van der Waals surface area contributed by atoms with E-state index in [1.807, 2.05) is 18.2 Å². The number of nitrogens with two attached hydrogens (primary N) is 1. The van der Waals surface area contributed by atoms with Gasteiger partial charge in [0.2, 0.25) is 0 Å². The van der Waals surface area contributed by atoms with Gasteiger partial charge in [-0.1, -0.05) is 0 Å². The monoisotopic (exact) mass is 242 g/mol. The zero-order valence-electron chi connectivity index (χ0n) is 10.8. The average molecular weight is 242 g/mol. The average Bonchev–Trinajstić information content (AvgIpc) is 3.20. The van der Waals surface area contributed by atoms with Crippen molar-refractivity contribution in [3.63, 3.8) is 0 Å². The first-order valence-electron chi connectivity index (χ1n) is 6.40. The summed E-state index contributed by atoms with van der Waals surface area (Å²) in [7, 11) is 2.11. The predicted molar refractivity (Wildman–Crippen MR) is 74.5 cm³/mol. The molecule has 1 aliphatic rings. The van der Waals surface area contributed by atoms with Gasteiger partial charge in [-0.15, -0.1) is 0 Å². The normalized spacial score (nSPS) is 16.8. The van der Waals surface area contributed by atoms with E-state index in [0.717, 1.165) is 28.3 Å². The van der Waals surface area contributed by atoms with Crippen LogP contribution in [0.25, 0.3) is 10.9 Å². The maximum absolute atomic E-state index is 5.87. The van der Waals surface area contributed by atoms with Crippen molar-refractivity contribution in [2.24, 2.45) is 5.92 Å². The second-order valence-electron chi connectivity index (χ2n) is 5.16. The van der Waals surface area contributed by atoms with Crippen molar-refractivity contribution in [3.8, 4) is 0 Å². The molecule has 3 rings (SSSR count). The first kappa shape index (κ1) is 11.3. The van der Waals surface area contributed by atoms with Crippen LogP contribution < -0.4 is 10.6 Å². The van der Waals surface area contributed by atoms with Gasteiger partial charge < -0.3 is 10.6 Å². The van der Waals surface area contributed by atoms with Gasteiger partial charge in [0.15, 0.2) is 0 Å². The van der Waals surface area contributed by atoms with Gasteiger partial charge in [0.05, 0.1) is 5.52 Å². The first-order chi connectivity index (χ1) is 8.66. The van der Waals surface area contributed by atoms with Crippen molar-refractivity contribution < 1.29 is 0 Å². The summed E-state index contributed by atoms with van der Waals surface area (Å²) < 4.78 is 0. The molecule has 1 fully saturated rings. The summed E-state index contributed by atoms with van der Waals surface area (Å²) in [5, 5.41) is 1.03. The zero-order valence-corrected chi connectivity index (χ0v) is 10.8.